The first-order valence-electron chi connectivity index (χ1n) is 10.8. The van der Waals surface area contributed by atoms with Gasteiger partial charge in [0.25, 0.3) is 0 Å². The second kappa shape index (κ2) is 8.26. The predicted octanol–water partition coefficient (Wildman–Crippen LogP) is 4.78. The third-order valence-corrected chi connectivity index (χ3v) is 6.30. The fourth-order valence-corrected chi connectivity index (χ4v) is 4.63. The number of urea groups is 1. The van der Waals surface area contributed by atoms with Gasteiger partial charge in [-0.2, -0.15) is 0 Å². The monoisotopic (exact) mass is 484 g/mol. The second-order valence-electron chi connectivity index (χ2n) is 8.23. The normalized spacial score (nSPS) is 16.1. The summed E-state index contributed by atoms with van der Waals surface area (Å²) in [5.41, 5.74) is 6.90. The zero-order valence-electron chi connectivity index (χ0n) is 18.8. The van der Waals surface area contributed by atoms with Crippen molar-refractivity contribution in [3.63, 3.8) is 0 Å². The number of hydrogen-bond acceptors (Lipinski definition) is 4. The predicted molar refractivity (Wildman–Crippen MR) is 122 cm³/mol. The highest BCUT2D eigenvalue weighted by molar-refractivity contribution is 6.01. The molecule has 4 aromatic rings. The van der Waals surface area contributed by atoms with Gasteiger partial charge < -0.3 is 15.2 Å². The molecular formula is C24H20F4N6O. The van der Waals surface area contributed by atoms with E-state index in [-0.39, 0.29) is 30.2 Å². The largest absolute Gasteiger partial charge is 0.383 e. The molecule has 3 heterocycles. The number of benzene rings is 2. The first kappa shape index (κ1) is 22.6. The summed E-state index contributed by atoms with van der Waals surface area (Å²) in [5.74, 6) is -3.96. The smallest absolute Gasteiger partial charge is 0.325 e. The van der Waals surface area contributed by atoms with Crippen molar-refractivity contribution in [3.8, 4) is 11.1 Å². The second-order valence-corrected chi connectivity index (χ2v) is 8.23. The van der Waals surface area contributed by atoms with E-state index in [9.17, 15) is 18.0 Å². The quantitative estimate of drug-likeness (QED) is 0.334. The number of carbonyl (C=O) groups excluding carboxylic acids is 1. The molecule has 1 aliphatic rings. The Morgan fingerprint density at radius 1 is 1.03 bits per heavy atom. The zero-order chi connectivity index (χ0) is 25.0. The molecule has 0 aliphatic carbocycles. The Hall–Kier alpha value is -4.15. The SMILES string of the molecule is CCN1C(=O)N(c2ccc(-c3cn(C)c4ncnc(N)c34)c(F)c2)CC1c1c(F)ccc(F)c1F. The van der Waals surface area contributed by atoms with Crippen LogP contribution in [0.15, 0.2) is 42.9 Å². The molecular weight excluding hydrogens is 464 g/mol. The number of nitrogens with two attached hydrogens (primary N) is 1. The van der Waals surface area contributed by atoms with E-state index in [4.69, 9.17) is 5.73 Å². The lowest BCUT2D eigenvalue weighted by Gasteiger charge is -2.22. The van der Waals surface area contributed by atoms with Crippen LogP contribution in [0.5, 0.6) is 0 Å². The van der Waals surface area contributed by atoms with Crippen LogP contribution in [0.2, 0.25) is 0 Å². The van der Waals surface area contributed by atoms with E-state index < -0.39 is 40.9 Å². The fraction of sp³-hybridized carbons (Fsp3) is 0.208. The summed E-state index contributed by atoms with van der Waals surface area (Å²) in [5, 5.41) is 0.494. The molecule has 1 unspecified atom stereocenters. The first-order valence-corrected chi connectivity index (χ1v) is 10.8. The third kappa shape index (κ3) is 3.46. The molecule has 0 saturated carbocycles. The van der Waals surface area contributed by atoms with Crippen LogP contribution >= 0.6 is 0 Å². The van der Waals surface area contributed by atoms with Crippen molar-refractivity contribution >= 4 is 28.6 Å². The number of aromatic nitrogens is 3. The van der Waals surface area contributed by atoms with Crippen molar-refractivity contribution in [1.82, 2.24) is 19.4 Å². The lowest BCUT2D eigenvalue weighted by atomic mass is 10.0. The molecule has 180 valence electrons. The number of rotatable bonds is 4. The lowest BCUT2D eigenvalue weighted by molar-refractivity contribution is 0.207. The van der Waals surface area contributed by atoms with Crippen molar-refractivity contribution in [2.75, 3.05) is 23.7 Å². The van der Waals surface area contributed by atoms with Crippen LogP contribution in [0.3, 0.4) is 0 Å². The fourth-order valence-electron chi connectivity index (χ4n) is 4.63. The molecule has 0 bridgehead atoms. The van der Waals surface area contributed by atoms with Crippen LogP contribution in [-0.4, -0.2) is 38.6 Å². The Labute approximate surface area is 197 Å². The number of likely N-dealkylation sites (N-methyl/N-ethyl adjacent to an activating group) is 1. The Morgan fingerprint density at radius 2 is 1.77 bits per heavy atom. The van der Waals surface area contributed by atoms with E-state index in [1.165, 1.54) is 34.3 Å². The van der Waals surface area contributed by atoms with E-state index in [1.807, 2.05) is 0 Å². The number of fused-ring (bicyclic) bond motifs is 1. The molecule has 1 saturated heterocycles. The highest BCUT2D eigenvalue weighted by atomic mass is 19.2. The van der Waals surface area contributed by atoms with E-state index in [1.54, 1.807) is 24.7 Å². The van der Waals surface area contributed by atoms with Crippen LogP contribution in [0.4, 0.5) is 33.9 Å². The van der Waals surface area contributed by atoms with Crippen LogP contribution in [0, 0.1) is 23.3 Å². The van der Waals surface area contributed by atoms with Crippen molar-refractivity contribution in [1.29, 1.82) is 0 Å². The summed E-state index contributed by atoms with van der Waals surface area (Å²) < 4.78 is 59.9. The highest BCUT2D eigenvalue weighted by Gasteiger charge is 2.41. The molecule has 0 spiro atoms. The molecule has 1 fully saturated rings. The molecule has 2 N–H and O–H groups in total. The van der Waals surface area contributed by atoms with E-state index in [2.05, 4.69) is 9.97 Å². The Morgan fingerprint density at radius 3 is 2.49 bits per heavy atom. The average Bonchev–Trinajstić information content (AvgIpc) is 3.34. The zero-order valence-corrected chi connectivity index (χ0v) is 18.8. The third-order valence-electron chi connectivity index (χ3n) is 6.30. The summed E-state index contributed by atoms with van der Waals surface area (Å²) in [7, 11) is 1.75. The number of aryl methyl sites for hydroxylation is 1. The molecule has 35 heavy (non-hydrogen) atoms. The number of amides is 2. The number of halogens is 4. The van der Waals surface area contributed by atoms with Gasteiger partial charge in [-0.1, -0.05) is 0 Å². The van der Waals surface area contributed by atoms with Gasteiger partial charge in [0.2, 0.25) is 0 Å². The summed E-state index contributed by atoms with van der Waals surface area (Å²) in [6, 6.07) is 4.05. The standard InChI is InChI=1S/C24H20F4N6O/c1-3-33-18(20-15(25)6-7-16(26)21(20)28)10-34(24(33)35)12-4-5-13(17(27)8-12)14-9-32(2)23-19(14)22(29)30-11-31-23/h4-9,11,18H,3,10H2,1-2H3,(H2,29,30,31). The number of nitrogen functional groups attached to an aromatic ring is 1. The summed E-state index contributed by atoms with van der Waals surface area (Å²) in [6.45, 7) is 1.57. The van der Waals surface area contributed by atoms with Crippen LogP contribution < -0.4 is 10.6 Å². The maximum atomic E-state index is 15.4. The molecule has 7 nitrogen and oxygen atoms in total. The summed E-state index contributed by atoms with van der Waals surface area (Å²) in [6.07, 6.45) is 3.00. The van der Waals surface area contributed by atoms with Gasteiger partial charge in [0.1, 0.15) is 29.4 Å². The van der Waals surface area contributed by atoms with Gasteiger partial charge >= 0.3 is 6.03 Å². The Bertz CT molecular complexity index is 1490. The maximum Gasteiger partial charge on any atom is 0.325 e. The minimum absolute atomic E-state index is 0.116. The van der Waals surface area contributed by atoms with Gasteiger partial charge in [-0.25, -0.2) is 32.3 Å². The van der Waals surface area contributed by atoms with Crippen molar-refractivity contribution < 1.29 is 22.4 Å². The number of hydrogen-bond donors (Lipinski definition) is 1. The molecule has 2 amide bonds. The molecule has 11 heteroatoms. The molecule has 5 rings (SSSR count). The van der Waals surface area contributed by atoms with Gasteiger partial charge in [0.05, 0.1) is 23.5 Å². The number of anilines is 2. The van der Waals surface area contributed by atoms with Crippen molar-refractivity contribution in [2.45, 2.75) is 13.0 Å². The van der Waals surface area contributed by atoms with Crippen molar-refractivity contribution in [3.05, 3.63) is 71.7 Å². The summed E-state index contributed by atoms with van der Waals surface area (Å²) >= 11 is 0. The van der Waals surface area contributed by atoms with Gasteiger partial charge in [0.15, 0.2) is 11.6 Å². The highest BCUT2D eigenvalue weighted by Crippen LogP contribution is 2.38. The minimum atomic E-state index is -1.35. The Kier molecular flexibility index (Phi) is 5.34. The Balaban J connectivity index is 1.54. The molecule has 0 radical (unpaired) electrons. The van der Waals surface area contributed by atoms with Crippen molar-refractivity contribution in [2.24, 2.45) is 7.05 Å². The number of nitrogens with zero attached hydrogens (tertiary/aromatic N) is 5. The lowest BCUT2D eigenvalue weighted by Crippen LogP contribution is -2.32. The maximum absolute atomic E-state index is 15.4. The molecule has 2 aromatic carbocycles. The van der Waals surface area contributed by atoms with E-state index in [0.717, 1.165) is 6.07 Å². The number of carbonyl (C=O) groups is 1. The first-order chi connectivity index (χ1) is 16.7. The topological polar surface area (TPSA) is 80.3 Å². The van der Waals surface area contributed by atoms with E-state index >= 15 is 4.39 Å². The van der Waals surface area contributed by atoms with Gasteiger partial charge in [-0.15, -0.1) is 0 Å². The average molecular weight is 484 g/mol. The minimum Gasteiger partial charge on any atom is -0.383 e. The van der Waals surface area contributed by atoms with Gasteiger partial charge in [-0.3, -0.25) is 4.90 Å². The summed E-state index contributed by atoms with van der Waals surface area (Å²) in [4.78, 5) is 23.7. The van der Waals surface area contributed by atoms with Crippen LogP contribution in [0.1, 0.15) is 18.5 Å². The molecule has 2 aromatic heterocycles. The molecule has 1 atom stereocenters. The van der Waals surface area contributed by atoms with Crippen LogP contribution in [0.25, 0.3) is 22.2 Å². The van der Waals surface area contributed by atoms with Gasteiger partial charge in [0, 0.05) is 36.6 Å². The van der Waals surface area contributed by atoms with Gasteiger partial charge in [-0.05, 0) is 37.3 Å². The molecule has 1 aliphatic heterocycles. The van der Waals surface area contributed by atoms with E-state index in [0.29, 0.717) is 22.7 Å². The van der Waals surface area contributed by atoms with Crippen LogP contribution in [-0.2, 0) is 7.05 Å².